The summed E-state index contributed by atoms with van der Waals surface area (Å²) in [4.78, 5) is 2.17. The molecule has 114 valence electrons. The van der Waals surface area contributed by atoms with Crippen LogP contribution in [0.25, 0.3) is 0 Å². The first-order chi connectivity index (χ1) is 9.27. The van der Waals surface area contributed by atoms with E-state index in [2.05, 4.69) is 20.7 Å². The summed E-state index contributed by atoms with van der Waals surface area (Å²) in [5.41, 5.74) is 0.924. The molecule has 5 nitrogen and oxygen atoms in total. The molecule has 0 atom stereocenters. The number of methoxy groups -OCH3 is 1. The second kappa shape index (κ2) is 7.40. The van der Waals surface area contributed by atoms with Crippen LogP contribution >= 0.6 is 15.9 Å². The fraction of sp³-hybridized carbons (Fsp3) is 0.538. The normalized spacial score (nSPS) is 11.9. The van der Waals surface area contributed by atoms with Gasteiger partial charge in [-0.2, -0.15) is 0 Å². The van der Waals surface area contributed by atoms with Crippen molar-refractivity contribution < 1.29 is 13.2 Å². The van der Waals surface area contributed by atoms with Crippen molar-refractivity contribution >= 4 is 26.0 Å². The molecule has 0 unspecified atom stereocenters. The van der Waals surface area contributed by atoms with Crippen molar-refractivity contribution in [1.82, 2.24) is 9.62 Å². The molecule has 0 heterocycles. The molecule has 0 fully saturated rings. The zero-order valence-electron chi connectivity index (χ0n) is 12.2. The van der Waals surface area contributed by atoms with E-state index in [1.165, 1.54) is 7.11 Å². The topological polar surface area (TPSA) is 58.6 Å². The molecule has 20 heavy (non-hydrogen) atoms. The molecular weight excluding hydrogens is 344 g/mol. The molecule has 1 aromatic carbocycles. The lowest BCUT2D eigenvalue weighted by Crippen LogP contribution is -2.27. The fourth-order valence-corrected chi connectivity index (χ4v) is 3.43. The Morgan fingerprint density at radius 3 is 2.55 bits per heavy atom. The predicted molar refractivity (Wildman–Crippen MR) is 83.8 cm³/mol. The van der Waals surface area contributed by atoms with Crippen LogP contribution in [0.4, 0.5) is 0 Å². The molecule has 0 spiro atoms. The maximum absolute atomic E-state index is 12.3. The van der Waals surface area contributed by atoms with Gasteiger partial charge >= 0.3 is 0 Å². The molecule has 0 aliphatic carbocycles. The van der Waals surface area contributed by atoms with E-state index < -0.39 is 10.0 Å². The standard InChI is InChI=1S/C13H21BrN2O3S/c1-10-8-12(19-4)13(9-11(10)14)20(17,18)15-6-5-7-16(2)3/h8-9,15H,5-7H2,1-4H3. The second-order valence-corrected chi connectivity index (χ2v) is 7.40. The Hall–Kier alpha value is -0.630. The average molecular weight is 365 g/mol. The summed E-state index contributed by atoms with van der Waals surface area (Å²) in [6.07, 6.45) is 0.752. The van der Waals surface area contributed by atoms with E-state index in [1.54, 1.807) is 12.1 Å². The van der Waals surface area contributed by atoms with E-state index in [9.17, 15) is 8.42 Å². The summed E-state index contributed by atoms with van der Waals surface area (Å²) < 4.78 is 33.1. The number of hydrogen-bond donors (Lipinski definition) is 1. The van der Waals surface area contributed by atoms with Gasteiger partial charge in [0.2, 0.25) is 10.0 Å². The van der Waals surface area contributed by atoms with E-state index >= 15 is 0 Å². The fourth-order valence-electron chi connectivity index (χ4n) is 1.69. The van der Waals surface area contributed by atoms with E-state index in [0.29, 0.717) is 12.3 Å². The highest BCUT2D eigenvalue weighted by atomic mass is 79.9. The van der Waals surface area contributed by atoms with Crippen molar-refractivity contribution in [2.75, 3.05) is 34.3 Å². The lowest BCUT2D eigenvalue weighted by Gasteiger charge is -2.13. The predicted octanol–water partition coefficient (Wildman–Crippen LogP) is 2.00. The van der Waals surface area contributed by atoms with Gasteiger partial charge in [0, 0.05) is 11.0 Å². The van der Waals surface area contributed by atoms with Crippen molar-refractivity contribution in [3.05, 3.63) is 22.2 Å². The van der Waals surface area contributed by atoms with E-state index in [1.807, 2.05) is 25.9 Å². The zero-order valence-corrected chi connectivity index (χ0v) is 14.6. The second-order valence-electron chi connectivity index (χ2n) is 4.81. The molecule has 0 saturated carbocycles. The van der Waals surface area contributed by atoms with Gasteiger partial charge in [-0.3, -0.25) is 0 Å². The molecule has 0 amide bonds. The van der Waals surface area contributed by atoms with Crippen LogP contribution in [0, 0.1) is 6.92 Å². The van der Waals surface area contributed by atoms with Crippen LogP contribution in [0.2, 0.25) is 0 Å². The first kappa shape index (κ1) is 17.4. The highest BCUT2D eigenvalue weighted by Crippen LogP contribution is 2.30. The number of sulfonamides is 1. The van der Waals surface area contributed by atoms with Crippen LogP contribution < -0.4 is 9.46 Å². The molecule has 1 aromatic rings. The van der Waals surface area contributed by atoms with Crippen molar-refractivity contribution in [1.29, 1.82) is 0 Å². The van der Waals surface area contributed by atoms with Gasteiger partial charge in [-0.15, -0.1) is 0 Å². The Morgan fingerprint density at radius 1 is 1.35 bits per heavy atom. The van der Waals surface area contributed by atoms with Crippen LogP contribution in [0.1, 0.15) is 12.0 Å². The van der Waals surface area contributed by atoms with Crippen molar-refractivity contribution in [2.24, 2.45) is 0 Å². The maximum Gasteiger partial charge on any atom is 0.244 e. The molecule has 0 saturated heterocycles. The van der Waals surface area contributed by atoms with Gasteiger partial charge in [-0.25, -0.2) is 13.1 Å². The van der Waals surface area contributed by atoms with Gasteiger partial charge < -0.3 is 9.64 Å². The van der Waals surface area contributed by atoms with Crippen LogP contribution in [-0.2, 0) is 10.0 Å². The van der Waals surface area contributed by atoms with Crippen LogP contribution in [0.3, 0.4) is 0 Å². The Morgan fingerprint density at radius 2 is 2.00 bits per heavy atom. The number of aryl methyl sites for hydroxylation is 1. The van der Waals surface area contributed by atoms with E-state index in [4.69, 9.17) is 4.74 Å². The Balaban J connectivity index is 2.89. The largest absolute Gasteiger partial charge is 0.495 e. The lowest BCUT2D eigenvalue weighted by molar-refractivity contribution is 0.397. The highest BCUT2D eigenvalue weighted by molar-refractivity contribution is 9.10. The number of benzene rings is 1. The molecule has 0 bridgehead atoms. The third-order valence-electron chi connectivity index (χ3n) is 2.81. The maximum atomic E-state index is 12.3. The van der Waals surface area contributed by atoms with Gasteiger partial charge in [0.25, 0.3) is 0 Å². The number of nitrogens with one attached hydrogen (secondary N) is 1. The lowest BCUT2D eigenvalue weighted by atomic mass is 10.2. The molecule has 0 aromatic heterocycles. The summed E-state index contributed by atoms with van der Waals surface area (Å²) in [5.74, 6) is 0.353. The van der Waals surface area contributed by atoms with E-state index in [0.717, 1.165) is 23.0 Å². The summed E-state index contributed by atoms with van der Waals surface area (Å²) in [6.45, 7) is 3.11. The summed E-state index contributed by atoms with van der Waals surface area (Å²) in [6, 6.07) is 3.28. The van der Waals surface area contributed by atoms with E-state index in [-0.39, 0.29) is 4.90 Å². The number of hydrogen-bond acceptors (Lipinski definition) is 4. The quantitative estimate of drug-likeness (QED) is 0.751. The van der Waals surface area contributed by atoms with Crippen LogP contribution in [-0.4, -0.2) is 47.6 Å². The SMILES string of the molecule is COc1cc(C)c(Br)cc1S(=O)(=O)NCCCN(C)C. The third kappa shape index (κ3) is 4.73. The number of nitrogens with zero attached hydrogens (tertiary/aromatic N) is 1. The minimum absolute atomic E-state index is 0.155. The number of halogens is 1. The Labute approximate surface area is 129 Å². The molecular formula is C13H21BrN2O3S. The monoisotopic (exact) mass is 364 g/mol. The van der Waals surface area contributed by atoms with Crippen molar-refractivity contribution in [3.63, 3.8) is 0 Å². The number of rotatable bonds is 7. The first-order valence-electron chi connectivity index (χ1n) is 6.26. The Bertz CT molecular complexity index is 559. The summed E-state index contributed by atoms with van der Waals surface area (Å²) in [5, 5.41) is 0. The molecule has 7 heteroatoms. The van der Waals surface area contributed by atoms with Gasteiger partial charge in [-0.1, -0.05) is 15.9 Å². The summed E-state index contributed by atoms with van der Waals surface area (Å²) in [7, 11) is 1.81. The van der Waals surface area contributed by atoms with Crippen molar-refractivity contribution in [3.8, 4) is 5.75 Å². The third-order valence-corrected chi connectivity index (χ3v) is 5.15. The van der Waals surface area contributed by atoms with Gasteiger partial charge in [-0.05, 0) is 51.7 Å². The van der Waals surface area contributed by atoms with Crippen LogP contribution in [0.15, 0.2) is 21.5 Å². The Kier molecular flexibility index (Phi) is 6.44. The smallest absolute Gasteiger partial charge is 0.244 e. The summed E-state index contributed by atoms with van der Waals surface area (Å²) >= 11 is 3.35. The average Bonchev–Trinajstić information content (AvgIpc) is 2.37. The van der Waals surface area contributed by atoms with Gasteiger partial charge in [0.15, 0.2) is 0 Å². The molecule has 0 aliphatic rings. The molecule has 1 N–H and O–H groups in total. The molecule has 1 rings (SSSR count). The molecule has 0 radical (unpaired) electrons. The number of ether oxygens (including phenoxy) is 1. The highest BCUT2D eigenvalue weighted by Gasteiger charge is 2.20. The first-order valence-corrected chi connectivity index (χ1v) is 8.54. The van der Waals surface area contributed by atoms with Gasteiger partial charge in [0.05, 0.1) is 7.11 Å². The van der Waals surface area contributed by atoms with Crippen LogP contribution in [0.5, 0.6) is 5.75 Å². The minimum Gasteiger partial charge on any atom is -0.495 e. The zero-order chi connectivity index (χ0) is 15.3. The van der Waals surface area contributed by atoms with Crippen molar-refractivity contribution in [2.45, 2.75) is 18.2 Å². The van der Waals surface area contributed by atoms with Gasteiger partial charge in [0.1, 0.15) is 10.6 Å². The molecule has 0 aliphatic heterocycles. The minimum atomic E-state index is -3.56.